The number of halogens is 1. The fourth-order valence-corrected chi connectivity index (χ4v) is 3.85. The molecule has 3 amide bonds. The molecule has 0 aliphatic carbocycles. The highest BCUT2D eigenvalue weighted by Crippen LogP contribution is 2.21. The number of ether oxygens (including phenoxy) is 1. The number of hydrogen-bond donors (Lipinski definition) is 3. The van der Waals surface area contributed by atoms with Gasteiger partial charge in [-0.1, -0.05) is 15.9 Å². The summed E-state index contributed by atoms with van der Waals surface area (Å²) in [4.78, 5) is 28.7. The molecule has 0 fully saturated rings. The van der Waals surface area contributed by atoms with Gasteiger partial charge in [0.2, 0.25) is 5.91 Å². The van der Waals surface area contributed by atoms with E-state index in [0.717, 1.165) is 21.4 Å². The van der Waals surface area contributed by atoms with Crippen LogP contribution in [0.4, 0.5) is 21.3 Å². The van der Waals surface area contributed by atoms with Crippen LogP contribution in [0.25, 0.3) is 0 Å². The van der Waals surface area contributed by atoms with E-state index >= 15 is 0 Å². The molecule has 0 radical (unpaired) electrons. The lowest BCUT2D eigenvalue weighted by atomic mass is 10.2. The Hall–Kier alpha value is -2.91. The van der Waals surface area contributed by atoms with Gasteiger partial charge in [-0.25, -0.2) is 9.78 Å². The van der Waals surface area contributed by atoms with Crippen molar-refractivity contribution in [2.75, 3.05) is 23.1 Å². The molecule has 3 aromatic rings. The van der Waals surface area contributed by atoms with Gasteiger partial charge >= 0.3 is 6.03 Å². The predicted molar refractivity (Wildman–Crippen MR) is 124 cm³/mol. The van der Waals surface area contributed by atoms with Gasteiger partial charge < -0.3 is 15.4 Å². The maximum Gasteiger partial charge on any atom is 0.325 e. The van der Waals surface area contributed by atoms with Crippen LogP contribution < -0.4 is 20.7 Å². The fourth-order valence-electron chi connectivity index (χ4n) is 2.63. The van der Waals surface area contributed by atoms with Gasteiger partial charge in [-0.2, -0.15) is 0 Å². The first-order valence-corrected chi connectivity index (χ1v) is 10.8. The SMILES string of the molecule is COc1ccc(NC(=O)Nc2nc(CCC(=O)Nc3ccc(Br)cc3C)cs2)cc1. The minimum atomic E-state index is -0.385. The molecule has 0 aliphatic heterocycles. The molecular weight excluding hydrogens is 468 g/mol. The van der Waals surface area contributed by atoms with Crippen LogP contribution in [-0.4, -0.2) is 24.0 Å². The van der Waals surface area contributed by atoms with E-state index in [0.29, 0.717) is 29.4 Å². The van der Waals surface area contributed by atoms with E-state index < -0.39 is 0 Å². The van der Waals surface area contributed by atoms with Gasteiger partial charge in [0.15, 0.2) is 5.13 Å². The largest absolute Gasteiger partial charge is 0.497 e. The number of aromatic nitrogens is 1. The minimum absolute atomic E-state index is 0.0832. The molecule has 30 heavy (non-hydrogen) atoms. The summed E-state index contributed by atoms with van der Waals surface area (Å²) in [7, 11) is 1.58. The van der Waals surface area contributed by atoms with Crippen LogP contribution in [0.3, 0.4) is 0 Å². The molecule has 0 aliphatic rings. The molecule has 1 aromatic heterocycles. The van der Waals surface area contributed by atoms with E-state index in [1.54, 1.807) is 31.4 Å². The van der Waals surface area contributed by atoms with Crippen LogP contribution in [0.5, 0.6) is 5.75 Å². The number of methoxy groups -OCH3 is 1. The molecule has 0 atom stereocenters. The number of benzene rings is 2. The summed E-state index contributed by atoms with van der Waals surface area (Å²) in [6.07, 6.45) is 0.788. The van der Waals surface area contributed by atoms with Gasteiger partial charge in [0.05, 0.1) is 12.8 Å². The molecular formula is C21H21BrN4O3S. The zero-order valence-electron chi connectivity index (χ0n) is 16.5. The second-order valence-corrected chi connectivity index (χ2v) is 8.23. The summed E-state index contributed by atoms with van der Waals surface area (Å²) < 4.78 is 6.06. The lowest BCUT2D eigenvalue weighted by Crippen LogP contribution is -2.19. The highest BCUT2D eigenvalue weighted by atomic mass is 79.9. The van der Waals surface area contributed by atoms with Crippen molar-refractivity contribution in [3.8, 4) is 5.75 Å². The van der Waals surface area contributed by atoms with E-state index in [1.807, 2.05) is 30.5 Å². The highest BCUT2D eigenvalue weighted by molar-refractivity contribution is 9.10. The molecule has 0 unspecified atom stereocenters. The molecule has 0 saturated carbocycles. The minimum Gasteiger partial charge on any atom is -0.497 e. The third kappa shape index (κ3) is 6.30. The second kappa shape index (κ2) is 10.2. The topological polar surface area (TPSA) is 92.3 Å². The molecule has 3 rings (SSSR count). The summed E-state index contributed by atoms with van der Waals surface area (Å²) in [5.74, 6) is 0.630. The van der Waals surface area contributed by atoms with Crippen LogP contribution in [-0.2, 0) is 11.2 Å². The third-order valence-electron chi connectivity index (χ3n) is 4.19. The van der Waals surface area contributed by atoms with Crippen LogP contribution in [0.2, 0.25) is 0 Å². The Morgan fingerprint density at radius 2 is 1.87 bits per heavy atom. The molecule has 3 N–H and O–H groups in total. The summed E-state index contributed by atoms with van der Waals surface area (Å²) >= 11 is 4.72. The summed E-state index contributed by atoms with van der Waals surface area (Å²) in [6, 6.07) is 12.3. The van der Waals surface area contributed by atoms with Gasteiger partial charge in [-0.05, 0) is 61.4 Å². The van der Waals surface area contributed by atoms with Gasteiger partial charge in [0, 0.05) is 27.6 Å². The number of thiazole rings is 1. The number of nitrogens with one attached hydrogen (secondary N) is 3. The molecule has 0 saturated heterocycles. The number of hydrogen-bond acceptors (Lipinski definition) is 5. The molecule has 1 heterocycles. The van der Waals surface area contributed by atoms with Crippen LogP contribution in [0.15, 0.2) is 52.3 Å². The summed E-state index contributed by atoms with van der Waals surface area (Å²) in [5, 5.41) is 10.6. The first kappa shape index (κ1) is 21.8. The average Bonchev–Trinajstić information content (AvgIpc) is 3.16. The zero-order valence-corrected chi connectivity index (χ0v) is 18.9. The predicted octanol–water partition coefficient (Wildman–Crippen LogP) is 5.44. The van der Waals surface area contributed by atoms with Crippen LogP contribution in [0.1, 0.15) is 17.7 Å². The number of anilines is 3. The molecule has 156 valence electrons. The third-order valence-corrected chi connectivity index (χ3v) is 5.49. The normalized spacial score (nSPS) is 10.4. The quantitative estimate of drug-likeness (QED) is 0.412. The highest BCUT2D eigenvalue weighted by Gasteiger charge is 2.10. The lowest BCUT2D eigenvalue weighted by molar-refractivity contribution is -0.116. The standard InChI is InChI=1S/C21H21BrN4O3S/c1-13-11-14(22)3-9-18(13)25-19(27)10-6-16-12-30-21(24-16)26-20(28)23-15-4-7-17(29-2)8-5-15/h3-5,7-9,11-12H,6,10H2,1-2H3,(H,25,27)(H2,23,24,26,28). The Bertz CT molecular complexity index is 1040. The number of aryl methyl sites for hydroxylation is 2. The van der Waals surface area contributed by atoms with Crippen molar-refractivity contribution in [3.63, 3.8) is 0 Å². The van der Waals surface area contributed by atoms with E-state index in [4.69, 9.17) is 4.74 Å². The molecule has 9 heteroatoms. The van der Waals surface area contributed by atoms with E-state index in [-0.39, 0.29) is 11.9 Å². The van der Waals surface area contributed by atoms with Crippen molar-refractivity contribution < 1.29 is 14.3 Å². The average molecular weight is 489 g/mol. The zero-order chi connectivity index (χ0) is 21.5. The van der Waals surface area contributed by atoms with Crippen molar-refractivity contribution in [2.24, 2.45) is 0 Å². The monoisotopic (exact) mass is 488 g/mol. The number of carbonyl (C=O) groups excluding carboxylic acids is 2. The molecule has 2 aromatic carbocycles. The number of nitrogens with zero attached hydrogens (tertiary/aromatic N) is 1. The Balaban J connectivity index is 1.47. The Morgan fingerprint density at radius 1 is 1.10 bits per heavy atom. The van der Waals surface area contributed by atoms with Crippen molar-refractivity contribution >= 4 is 55.7 Å². The molecule has 0 spiro atoms. The Kier molecular flexibility index (Phi) is 7.42. The molecule has 0 bridgehead atoms. The van der Waals surface area contributed by atoms with Gasteiger partial charge in [0.25, 0.3) is 0 Å². The van der Waals surface area contributed by atoms with E-state index in [2.05, 4.69) is 36.9 Å². The maximum absolute atomic E-state index is 12.2. The van der Waals surface area contributed by atoms with Crippen molar-refractivity contribution in [3.05, 3.63) is 63.6 Å². The lowest BCUT2D eigenvalue weighted by Gasteiger charge is -2.08. The smallest absolute Gasteiger partial charge is 0.325 e. The Morgan fingerprint density at radius 3 is 2.57 bits per heavy atom. The van der Waals surface area contributed by atoms with Crippen molar-refractivity contribution in [2.45, 2.75) is 19.8 Å². The first-order valence-electron chi connectivity index (χ1n) is 9.15. The first-order chi connectivity index (χ1) is 14.4. The van der Waals surface area contributed by atoms with Gasteiger partial charge in [-0.3, -0.25) is 10.1 Å². The number of rotatable bonds is 7. The van der Waals surface area contributed by atoms with Gasteiger partial charge in [-0.15, -0.1) is 11.3 Å². The van der Waals surface area contributed by atoms with E-state index in [1.165, 1.54) is 11.3 Å². The number of amides is 3. The van der Waals surface area contributed by atoms with Crippen LogP contribution >= 0.6 is 27.3 Å². The fraction of sp³-hybridized carbons (Fsp3) is 0.190. The van der Waals surface area contributed by atoms with Crippen molar-refractivity contribution in [1.29, 1.82) is 0 Å². The number of carbonyl (C=O) groups is 2. The Labute approximate surface area is 187 Å². The van der Waals surface area contributed by atoms with E-state index in [9.17, 15) is 9.59 Å². The van der Waals surface area contributed by atoms with Gasteiger partial charge in [0.1, 0.15) is 5.75 Å². The maximum atomic E-state index is 12.2. The number of urea groups is 1. The summed E-state index contributed by atoms with van der Waals surface area (Å²) in [5.41, 5.74) is 3.17. The summed E-state index contributed by atoms with van der Waals surface area (Å²) in [6.45, 7) is 1.94. The molecule has 7 nitrogen and oxygen atoms in total. The second-order valence-electron chi connectivity index (χ2n) is 6.46. The van der Waals surface area contributed by atoms with Crippen molar-refractivity contribution in [1.82, 2.24) is 4.98 Å². The van der Waals surface area contributed by atoms with Crippen LogP contribution in [0, 0.1) is 6.92 Å².